The van der Waals surface area contributed by atoms with E-state index >= 15 is 0 Å². The normalized spacial score (nSPS) is 32.3. The Labute approximate surface area is 113 Å². The van der Waals surface area contributed by atoms with Gasteiger partial charge in [-0.1, -0.05) is 6.42 Å². The van der Waals surface area contributed by atoms with Crippen molar-refractivity contribution in [1.82, 2.24) is 4.90 Å². The first-order chi connectivity index (χ1) is 8.52. The van der Waals surface area contributed by atoms with Crippen molar-refractivity contribution < 1.29 is 14.6 Å². The largest absolute Gasteiger partial charge is 0.394 e. The molecule has 4 nitrogen and oxygen atoms in total. The second-order valence-electron chi connectivity index (χ2n) is 5.76. The Balaban J connectivity index is 1.99. The molecule has 0 aromatic rings. The predicted molar refractivity (Wildman–Crippen MR) is 72.7 cm³/mol. The lowest BCUT2D eigenvalue weighted by atomic mass is 10.0. The van der Waals surface area contributed by atoms with Crippen LogP contribution in [0.3, 0.4) is 0 Å². The van der Waals surface area contributed by atoms with Crippen molar-refractivity contribution in [3.63, 3.8) is 0 Å². The summed E-state index contributed by atoms with van der Waals surface area (Å²) in [5.41, 5.74) is -0.360. The molecule has 0 aliphatic carbocycles. The first-order valence-corrected chi connectivity index (χ1v) is 7.76. The Morgan fingerprint density at radius 1 is 1.50 bits per heavy atom. The van der Waals surface area contributed by atoms with Crippen molar-refractivity contribution in [2.24, 2.45) is 0 Å². The van der Waals surface area contributed by atoms with Crippen molar-refractivity contribution in [2.45, 2.75) is 50.1 Å². The number of morpholine rings is 1. The molecule has 2 aliphatic heterocycles. The monoisotopic (exact) mass is 273 g/mol. The van der Waals surface area contributed by atoms with Crippen molar-refractivity contribution in [2.75, 3.05) is 25.4 Å². The van der Waals surface area contributed by atoms with E-state index in [9.17, 15) is 9.90 Å². The first kappa shape index (κ1) is 14.2. The van der Waals surface area contributed by atoms with Crippen LogP contribution in [0.5, 0.6) is 0 Å². The summed E-state index contributed by atoms with van der Waals surface area (Å²) in [6.07, 6.45) is 3.12. The van der Waals surface area contributed by atoms with Crippen LogP contribution in [0.2, 0.25) is 0 Å². The zero-order valence-electron chi connectivity index (χ0n) is 11.2. The minimum absolute atomic E-state index is 0.0228. The molecule has 1 N–H and O–H groups in total. The lowest BCUT2D eigenvalue weighted by molar-refractivity contribution is -0.166. The van der Waals surface area contributed by atoms with Gasteiger partial charge in [0.25, 0.3) is 0 Å². The summed E-state index contributed by atoms with van der Waals surface area (Å²) in [6, 6.07) is 0. The molecule has 0 radical (unpaired) electrons. The SMILES string of the molecule is CC1(C)CN(C(=O)C2CCCCS2)CC(CO)O1. The van der Waals surface area contributed by atoms with Gasteiger partial charge in [0.05, 0.1) is 23.6 Å². The van der Waals surface area contributed by atoms with Crippen molar-refractivity contribution >= 4 is 17.7 Å². The van der Waals surface area contributed by atoms with Crippen LogP contribution in [0, 0.1) is 0 Å². The number of hydrogen-bond donors (Lipinski definition) is 1. The Hall–Kier alpha value is -0.260. The standard InChI is InChI=1S/C13H23NO3S/c1-13(2)9-14(7-10(8-15)17-13)12(16)11-5-3-4-6-18-11/h10-11,15H,3-9H2,1-2H3. The molecule has 2 heterocycles. The van der Waals surface area contributed by atoms with Crippen LogP contribution < -0.4 is 0 Å². The summed E-state index contributed by atoms with van der Waals surface area (Å²) in [7, 11) is 0. The van der Waals surface area contributed by atoms with Crippen LogP contribution in [-0.4, -0.2) is 58.3 Å². The molecule has 0 saturated carbocycles. The summed E-state index contributed by atoms with van der Waals surface area (Å²) in [6.45, 7) is 5.08. The van der Waals surface area contributed by atoms with Gasteiger partial charge in [-0.25, -0.2) is 0 Å². The zero-order chi connectivity index (χ0) is 13.2. The highest BCUT2D eigenvalue weighted by Gasteiger charge is 2.37. The van der Waals surface area contributed by atoms with Gasteiger partial charge >= 0.3 is 0 Å². The topological polar surface area (TPSA) is 49.8 Å². The van der Waals surface area contributed by atoms with Gasteiger partial charge < -0.3 is 14.7 Å². The minimum Gasteiger partial charge on any atom is -0.394 e. The van der Waals surface area contributed by atoms with Gasteiger partial charge in [0.15, 0.2) is 0 Å². The molecule has 2 unspecified atom stereocenters. The number of rotatable bonds is 2. The van der Waals surface area contributed by atoms with Gasteiger partial charge in [-0.3, -0.25) is 4.79 Å². The van der Waals surface area contributed by atoms with E-state index < -0.39 is 0 Å². The Morgan fingerprint density at radius 2 is 2.28 bits per heavy atom. The molecule has 104 valence electrons. The average Bonchev–Trinajstić information content (AvgIpc) is 2.37. The Morgan fingerprint density at radius 3 is 2.89 bits per heavy atom. The summed E-state index contributed by atoms with van der Waals surface area (Å²) in [5.74, 6) is 1.32. The number of ether oxygens (including phenoxy) is 1. The smallest absolute Gasteiger partial charge is 0.235 e. The van der Waals surface area contributed by atoms with Crippen LogP contribution >= 0.6 is 11.8 Å². The molecule has 1 amide bonds. The number of thioether (sulfide) groups is 1. The number of aliphatic hydroxyl groups excluding tert-OH is 1. The lowest BCUT2D eigenvalue weighted by Crippen LogP contribution is -2.57. The zero-order valence-corrected chi connectivity index (χ0v) is 12.0. The molecule has 2 rings (SSSR count). The van der Waals surface area contributed by atoms with E-state index in [-0.39, 0.29) is 29.5 Å². The quantitative estimate of drug-likeness (QED) is 0.823. The Kier molecular flexibility index (Phi) is 4.56. The summed E-state index contributed by atoms with van der Waals surface area (Å²) in [5, 5.41) is 9.38. The van der Waals surface area contributed by atoms with Gasteiger partial charge in [-0.2, -0.15) is 0 Å². The molecule has 18 heavy (non-hydrogen) atoms. The molecule has 0 bridgehead atoms. The molecular formula is C13H23NO3S. The molecule has 2 atom stereocenters. The molecule has 2 saturated heterocycles. The highest BCUT2D eigenvalue weighted by Crippen LogP contribution is 2.29. The fourth-order valence-corrected chi connectivity index (χ4v) is 3.98. The molecule has 5 heteroatoms. The van der Waals surface area contributed by atoms with Crippen LogP contribution in [0.25, 0.3) is 0 Å². The average molecular weight is 273 g/mol. The molecular weight excluding hydrogens is 250 g/mol. The van der Waals surface area contributed by atoms with E-state index in [0.717, 1.165) is 18.6 Å². The van der Waals surface area contributed by atoms with E-state index in [0.29, 0.717) is 13.1 Å². The second kappa shape index (κ2) is 5.80. The molecule has 2 fully saturated rings. The van der Waals surface area contributed by atoms with Crippen molar-refractivity contribution in [1.29, 1.82) is 0 Å². The fourth-order valence-electron chi connectivity index (χ4n) is 2.70. The third-order valence-corrected chi connectivity index (χ3v) is 4.82. The molecule has 0 aromatic heterocycles. The van der Waals surface area contributed by atoms with Gasteiger partial charge in [-0.15, -0.1) is 11.8 Å². The third kappa shape index (κ3) is 3.39. The number of amides is 1. The maximum Gasteiger partial charge on any atom is 0.235 e. The minimum atomic E-state index is -0.360. The third-order valence-electron chi connectivity index (χ3n) is 3.45. The van der Waals surface area contributed by atoms with E-state index in [2.05, 4.69) is 0 Å². The number of hydrogen-bond acceptors (Lipinski definition) is 4. The molecule has 0 spiro atoms. The fraction of sp³-hybridized carbons (Fsp3) is 0.923. The summed E-state index contributed by atoms with van der Waals surface area (Å²) < 4.78 is 5.74. The predicted octanol–water partition coefficient (Wildman–Crippen LogP) is 1.27. The van der Waals surface area contributed by atoms with Gasteiger partial charge in [0, 0.05) is 13.1 Å². The highest BCUT2D eigenvalue weighted by molar-refractivity contribution is 8.00. The number of aliphatic hydroxyl groups is 1. The van der Waals surface area contributed by atoms with Crippen LogP contribution in [0.1, 0.15) is 33.1 Å². The summed E-state index contributed by atoms with van der Waals surface area (Å²) in [4.78, 5) is 14.4. The van der Waals surface area contributed by atoms with Gasteiger partial charge in [0.1, 0.15) is 0 Å². The molecule has 0 aromatic carbocycles. The molecule has 2 aliphatic rings. The van der Waals surface area contributed by atoms with Crippen LogP contribution in [0.4, 0.5) is 0 Å². The maximum absolute atomic E-state index is 12.5. The number of nitrogens with zero attached hydrogens (tertiary/aromatic N) is 1. The second-order valence-corrected chi connectivity index (χ2v) is 7.07. The maximum atomic E-state index is 12.5. The van der Waals surface area contributed by atoms with E-state index in [1.54, 1.807) is 11.8 Å². The number of carbonyl (C=O) groups excluding carboxylic acids is 1. The van der Waals surface area contributed by atoms with E-state index in [1.807, 2.05) is 18.7 Å². The summed E-state index contributed by atoms with van der Waals surface area (Å²) >= 11 is 1.78. The van der Waals surface area contributed by atoms with Crippen molar-refractivity contribution in [3.8, 4) is 0 Å². The van der Waals surface area contributed by atoms with Crippen LogP contribution in [0.15, 0.2) is 0 Å². The van der Waals surface area contributed by atoms with E-state index in [1.165, 1.54) is 6.42 Å². The van der Waals surface area contributed by atoms with Gasteiger partial charge in [0.2, 0.25) is 5.91 Å². The van der Waals surface area contributed by atoms with Crippen LogP contribution in [-0.2, 0) is 9.53 Å². The highest BCUT2D eigenvalue weighted by atomic mass is 32.2. The lowest BCUT2D eigenvalue weighted by Gasteiger charge is -2.43. The number of carbonyl (C=O) groups is 1. The Bertz CT molecular complexity index is 303. The first-order valence-electron chi connectivity index (χ1n) is 6.71. The van der Waals surface area contributed by atoms with Crippen molar-refractivity contribution in [3.05, 3.63) is 0 Å². The van der Waals surface area contributed by atoms with Gasteiger partial charge in [-0.05, 0) is 32.4 Å². The van der Waals surface area contributed by atoms with E-state index in [4.69, 9.17) is 4.74 Å².